The quantitative estimate of drug-likeness (QED) is 0.447. The summed E-state index contributed by atoms with van der Waals surface area (Å²) in [5.41, 5.74) is 11.8. The fourth-order valence-corrected chi connectivity index (χ4v) is 4.33. The molecule has 11 heteroatoms. The number of benzene rings is 2. The smallest absolute Gasteiger partial charge is 0.218 e. The largest absolute Gasteiger partial charge is 0.398 e. The van der Waals surface area contributed by atoms with Crippen molar-refractivity contribution in [2.24, 2.45) is 0 Å². The van der Waals surface area contributed by atoms with Gasteiger partial charge in [0.2, 0.25) is 17.4 Å². The van der Waals surface area contributed by atoms with Crippen LogP contribution in [0.4, 0.5) is 11.4 Å². The minimum atomic E-state index is -4.00. The van der Waals surface area contributed by atoms with Crippen LogP contribution in [0.5, 0.6) is 0 Å². The summed E-state index contributed by atoms with van der Waals surface area (Å²) < 4.78 is 22.0. The molecule has 0 heterocycles. The number of anilines is 2. The van der Waals surface area contributed by atoms with Crippen LogP contribution < -0.4 is 11.5 Å². The highest BCUT2D eigenvalue weighted by Crippen LogP contribution is 2.44. The van der Waals surface area contributed by atoms with Gasteiger partial charge in [0, 0.05) is 22.5 Å². The minimum absolute atomic E-state index is 0.0376. The van der Waals surface area contributed by atoms with Gasteiger partial charge in [0.1, 0.15) is 0 Å². The fraction of sp³-hybridized carbons (Fsp3) is 0.143. The highest BCUT2D eigenvalue weighted by molar-refractivity contribution is 7.91. The van der Waals surface area contributed by atoms with Crippen molar-refractivity contribution >= 4 is 90.8 Å². The van der Waals surface area contributed by atoms with Gasteiger partial charge in [-0.3, -0.25) is 0 Å². The maximum absolute atomic E-state index is 12.9. The van der Waals surface area contributed by atoms with E-state index in [9.17, 15) is 8.42 Å². The van der Waals surface area contributed by atoms with Crippen molar-refractivity contribution in [3.05, 3.63) is 47.5 Å². The molecule has 0 aliphatic rings. The summed E-state index contributed by atoms with van der Waals surface area (Å²) in [6.45, 7) is 0. The molecule has 0 amide bonds. The molecule has 4 N–H and O–H groups in total. The van der Waals surface area contributed by atoms with Gasteiger partial charge in [-0.2, -0.15) is 0 Å². The topological polar surface area (TPSA) is 86.2 Å². The second kappa shape index (κ2) is 7.04. The van der Waals surface area contributed by atoms with Crippen LogP contribution in [0.3, 0.4) is 0 Å². The maximum atomic E-state index is 12.9. The summed E-state index contributed by atoms with van der Waals surface area (Å²) in [4.78, 5) is -0.272. The lowest BCUT2D eigenvalue weighted by molar-refractivity contribution is 0.596. The number of hydrogen-bond acceptors (Lipinski definition) is 4. The Morgan fingerprint density at radius 2 is 1.00 bits per heavy atom. The average molecular weight is 483 g/mol. The van der Waals surface area contributed by atoms with E-state index in [1.54, 1.807) is 0 Å². The van der Waals surface area contributed by atoms with Gasteiger partial charge >= 0.3 is 0 Å². The molecule has 0 bridgehead atoms. The lowest BCUT2D eigenvalue weighted by Gasteiger charge is -2.17. The molecule has 0 spiro atoms. The molecule has 2 rings (SSSR count). The predicted molar refractivity (Wildman–Crippen MR) is 106 cm³/mol. The fourth-order valence-electron chi connectivity index (χ4n) is 2.03. The van der Waals surface area contributed by atoms with E-state index in [4.69, 9.17) is 81.1 Å². The van der Waals surface area contributed by atoms with Crippen LogP contribution in [-0.2, 0) is 17.4 Å². The Bertz CT molecular complexity index is 850. The zero-order valence-corrected chi connectivity index (χ0v) is 17.5. The van der Waals surface area contributed by atoms with Crippen LogP contribution in [0.2, 0.25) is 0 Å². The summed E-state index contributed by atoms with van der Waals surface area (Å²) in [5, 5.41) is 0. The Kier molecular flexibility index (Phi) is 5.92. The Morgan fingerprint density at radius 1 is 0.680 bits per heavy atom. The lowest BCUT2D eigenvalue weighted by atomic mass is 10.2. The maximum Gasteiger partial charge on any atom is 0.218 e. The van der Waals surface area contributed by atoms with Gasteiger partial charge in [-0.25, -0.2) is 8.42 Å². The van der Waals surface area contributed by atoms with Gasteiger partial charge in [0.15, 0.2) is 0 Å². The molecule has 0 fully saturated rings. The summed E-state index contributed by atoms with van der Waals surface area (Å²) in [7, 11) is -4.00. The van der Waals surface area contributed by atoms with Crippen LogP contribution in [-0.4, -0.2) is 8.42 Å². The molecule has 0 atom stereocenters. The molecular formula is C14H10Cl6N2O2S. The van der Waals surface area contributed by atoms with E-state index in [0.717, 1.165) is 0 Å². The first-order valence-electron chi connectivity index (χ1n) is 6.43. The van der Waals surface area contributed by atoms with Crippen LogP contribution in [0, 0.1) is 0 Å². The Morgan fingerprint density at radius 3 is 1.28 bits per heavy atom. The number of hydrogen-bond donors (Lipinski definition) is 2. The molecule has 136 valence electrons. The van der Waals surface area contributed by atoms with Crippen LogP contribution in [0.25, 0.3) is 0 Å². The SMILES string of the molecule is Nc1ccc(S(=O)(=O)c2ccc(N)c(C(Cl)(Cl)Cl)c2)cc1C(Cl)(Cl)Cl. The van der Waals surface area contributed by atoms with E-state index in [0.29, 0.717) is 0 Å². The predicted octanol–water partition coefficient (Wildman–Crippen LogP) is 5.34. The third-order valence-corrected chi connectivity index (χ3v) is 6.25. The van der Waals surface area contributed by atoms with Gasteiger partial charge in [0.05, 0.1) is 9.79 Å². The summed E-state index contributed by atoms with van der Waals surface area (Å²) in [6.07, 6.45) is 0. The third kappa shape index (κ3) is 4.53. The summed E-state index contributed by atoms with van der Waals surface area (Å²) in [5.74, 6) is 0. The molecule has 2 aromatic carbocycles. The van der Waals surface area contributed by atoms with Crippen molar-refractivity contribution in [3.63, 3.8) is 0 Å². The highest BCUT2D eigenvalue weighted by atomic mass is 35.6. The van der Waals surface area contributed by atoms with Crippen molar-refractivity contribution in [1.29, 1.82) is 0 Å². The van der Waals surface area contributed by atoms with Crippen LogP contribution in [0.15, 0.2) is 46.2 Å². The number of rotatable bonds is 2. The average Bonchev–Trinajstić information content (AvgIpc) is 2.45. The normalized spacial score (nSPS) is 13.0. The van der Waals surface area contributed by atoms with Gasteiger partial charge < -0.3 is 11.5 Å². The molecule has 25 heavy (non-hydrogen) atoms. The number of halogens is 6. The molecule has 0 saturated carbocycles. The number of nitrogens with two attached hydrogens (primary N) is 2. The van der Waals surface area contributed by atoms with Gasteiger partial charge in [-0.1, -0.05) is 69.6 Å². The molecule has 2 aromatic rings. The highest BCUT2D eigenvalue weighted by Gasteiger charge is 2.31. The van der Waals surface area contributed by atoms with Crippen molar-refractivity contribution in [3.8, 4) is 0 Å². The Hall–Kier alpha value is -0.270. The third-order valence-electron chi connectivity index (χ3n) is 3.28. The minimum Gasteiger partial charge on any atom is -0.398 e. The van der Waals surface area contributed by atoms with E-state index in [2.05, 4.69) is 0 Å². The molecular weight excluding hydrogens is 473 g/mol. The van der Waals surface area contributed by atoms with E-state index in [1.807, 2.05) is 0 Å². The second-order valence-electron chi connectivity index (χ2n) is 5.00. The van der Waals surface area contributed by atoms with E-state index in [1.165, 1.54) is 36.4 Å². The van der Waals surface area contributed by atoms with Crippen LogP contribution >= 0.6 is 69.6 Å². The van der Waals surface area contributed by atoms with Gasteiger partial charge in [0.25, 0.3) is 0 Å². The summed E-state index contributed by atoms with van der Waals surface area (Å²) in [6, 6.07) is 7.60. The molecule has 0 unspecified atom stereocenters. The second-order valence-corrected chi connectivity index (χ2v) is 11.5. The number of alkyl halides is 6. The van der Waals surface area contributed by atoms with Crippen molar-refractivity contribution in [1.82, 2.24) is 0 Å². The number of nitrogen functional groups attached to an aromatic ring is 2. The summed E-state index contributed by atoms with van der Waals surface area (Å²) >= 11 is 34.9. The standard InChI is InChI=1S/C14H10Cl6N2O2S/c15-13(16,17)9-5-7(1-3-11(9)21)25(23,24)8-2-4-12(22)10(6-8)14(18,19)20/h1-6H,21-22H2. The Labute approximate surface area is 174 Å². The van der Waals surface area contributed by atoms with Crippen molar-refractivity contribution in [2.75, 3.05) is 11.5 Å². The van der Waals surface area contributed by atoms with Crippen LogP contribution in [0.1, 0.15) is 11.1 Å². The zero-order chi connectivity index (χ0) is 19.2. The van der Waals surface area contributed by atoms with Crippen molar-refractivity contribution < 1.29 is 8.42 Å². The first-order valence-corrected chi connectivity index (χ1v) is 10.2. The Balaban J connectivity index is 2.65. The molecule has 0 aliphatic heterocycles. The lowest BCUT2D eigenvalue weighted by Crippen LogP contribution is -2.11. The molecule has 0 aromatic heterocycles. The van der Waals surface area contributed by atoms with E-state index >= 15 is 0 Å². The van der Waals surface area contributed by atoms with E-state index < -0.39 is 17.4 Å². The molecule has 0 radical (unpaired) electrons. The van der Waals surface area contributed by atoms with Crippen molar-refractivity contribution in [2.45, 2.75) is 17.4 Å². The monoisotopic (exact) mass is 480 g/mol. The van der Waals surface area contributed by atoms with Gasteiger partial charge in [-0.15, -0.1) is 0 Å². The molecule has 0 saturated heterocycles. The molecule has 0 aliphatic carbocycles. The van der Waals surface area contributed by atoms with Gasteiger partial charge in [-0.05, 0) is 36.4 Å². The first kappa shape index (κ1) is 21.0. The van der Waals surface area contributed by atoms with E-state index in [-0.39, 0.29) is 32.3 Å². The number of sulfone groups is 1. The molecule has 4 nitrogen and oxygen atoms in total. The first-order chi connectivity index (χ1) is 11.2. The zero-order valence-electron chi connectivity index (χ0n) is 12.1.